The summed E-state index contributed by atoms with van der Waals surface area (Å²) < 4.78 is 86.7. The molecule has 0 saturated carbocycles. The van der Waals surface area contributed by atoms with Crippen molar-refractivity contribution in [2.75, 3.05) is 0 Å². The zero-order chi connectivity index (χ0) is 33.4. The third-order valence-electron chi connectivity index (χ3n) is 9.05. The second-order valence-electron chi connectivity index (χ2n) is 11.7. The number of hydrogen-bond donors (Lipinski definition) is 0. The second-order valence-corrected chi connectivity index (χ2v) is 11.7. The van der Waals surface area contributed by atoms with E-state index in [4.69, 9.17) is 0 Å². The molecule has 0 N–H and O–H groups in total. The molecule has 0 radical (unpaired) electrons. The lowest BCUT2D eigenvalue weighted by Crippen LogP contribution is -2.25. The molecule has 0 spiro atoms. The normalized spacial score (nSPS) is 14.9. The molecule has 4 aromatic carbocycles. The molecule has 3 aromatic heterocycles. The van der Waals surface area contributed by atoms with Crippen LogP contribution in [-0.2, 0) is 12.6 Å². The first kappa shape index (κ1) is 29.6. The summed E-state index contributed by atoms with van der Waals surface area (Å²) in [5.41, 5.74) is 5.05. The van der Waals surface area contributed by atoms with Crippen LogP contribution in [0, 0.1) is 17.2 Å². The molecule has 48 heavy (non-hydrogen) atoms. The summed E-state index contributed by atoms with van der Waals surface area (Å²) in [5.74, 6) is -1.61. The Labute approximate surface area is 269 Å². The van der Waals surface area contributed by atoms with E-state index in [1.807, 2.05) is 33.4 Å². The van der Waals surface area contributed by atoms with E-state index in [1.165, 1.54) is 18.2 Å². The van der Waals surface area contributed by atoms with Crippen LogP contribution in [0.1, 0.15) is 22.4 Å². The van der Waals surface area contributed by atoms with Gasteiger partial charge in [0.25, 0.3) is 0 Å². The monoisotopic (exact) mass is 648 g/mol. The largest absolute Gasteiger partial charge is 0.416 e. The summed E-state index contributed by atoms with van der Waals surface area (Å²) in [6.07, 6.45) is -3.16. The first-order valence-electron chi connectivity index (χ1n) is 15.0. The zero-order valence-corrected chi connectivity index (χ0v) is 24.8. The fourth-order valence-corrected chi connectivity index (χ4v) is 6.91. The average Bonchev–Trinajstić information content (AvgIpc) is 3.59. The molecule has 236 valence electrons. The first-order valence-corrected chi connectivity index (χ1v) is 15.0. The zero-order valence-electron chi connectivity index (χ0n) is 24.8. The van der Waals surface area contributed by atoms with Crippen LogP contribution in [0.4, 0.5) is 26.3 Å². The molecule has 7 aromatic rings. The Bertz CT molecular complexity index is 2490. The van der Waals surface area contributed by atoms with Crippen LogP contribution in [0.2, 0.25) is 0 Å². The van der Waals surface area contributed by atoms with Gasteiger partial charge in [-0.1, -0.05) is 48.5 Å². The summed E-state index contributed by atoms with van der Waals surface area (Å²) in [4.78, 5) is 4.42. The summed E-state index contributed by atoms with van der Waals surface area (Å²) in [5, 5.41) is 11.6. The molecule has 0 aliphatic heterocycles. The molecule has 3 heterocycles. The SMILES string of the molecule is N#Cc1ccc(-c2cnccc2-n2c3c(c4ccccc42)CC(C(F)(F)F)C=C3)c(-n2c3ccccc3c3cc(C(F)(F)F)ccc32)c1. The maximum atomic E-state index is 13.8. The molecule has 1 atom stereocenters. The molecule has 0 bridgehead atoms. The third-order valence-corrected chi connectivity index (χ3v) is 9.05. The van der Waals surface area contributed by atoms with Crippen molar-refractivity contribution in [2.24, 2.45) is 5.92 Å². The highest BCUT2D eigenvalue weighted by molar-refractivity contribution is 6.10. The number of allylic oxidation sites excluding steroid dienone is 1. The van der Waals surface area contributed by atoms with Crippen LogP contribution in [0.3, 0.4) is 0 Å². The average molecular weight is 649 g/mol. The van der Waals surface area contributed by atoms with Crippen LogP contribution >= 0.6 is 0 Å². The third kappa shape index (κ3) is 4.57. The van der Waals surface area contributed by atoms with Gasteiger partial charge in [-0.2, -0.15) is 31.6 Å². The van der Waals surface area contributed by atoms with Gasteiger partial charge in [0, 0.05) is 45.4 Å². The van der Waals surface area contributed by atoms with Crippen LogP contribution in [-0.4, -0.2) is 20.3 Å². The Morgan fingerprint density at radius 2 is 1.42 bits per heavy atom. The Morgan fingerprint density at radius 3 is 2.15 bits per heavy atom. The molecule has 0 saturated heterocycles. The summed E-state index contributed by atoms with van der Waals surface area (Å²) >= 11 is 0. The fraction of sp³-hybridized carbons (Fsp3) is 0.105. The van der Waals surface area contributed by atoms with Crippen molar-refractivity contribution in [1.29, 1.82) is 5.26 Å². The summed E-state index contributed by atoms with van der Waals surface area (Å²) in [6, 6.07) is 27.1. The van der Waals surface area contributed by atoms with E-state index in [0.29, 0.717) is 72.0 Å². The van der Waals surface area contributed by atoms with E-state index in [-0.39, 0.29) is 6.42 Å². The smallest absolute Gasteiger partial charge is 0.309 e. The molecule has 0 fully saturated rings. The van der Waals surface area contributed by atoms with E-state index in [1.54, 1.807) is 60.9 Å². The van der Waals surface area contributed by atoms with Crippen LogP contribution in [0.15, 0.2) is 109 Å². The lowest BCUT2D eigenvalue weighted by Gasteiger charge is -2.22. The first-order chi connectivity index (χ1) is 23.0. The number of nitrogens with zero attached hydrogens (tertiary/aromatic N) is 4. The summed E-state index contributed by atoms with van der Waals surface area (Å²) in [7, 11) is 0. The molecule has 8 rings (SSSR count). The number of benzene rings is 4. The Morgan fingerprint density at radius 1 is 0.708 bits per heavy atom. The molecule has 10 heteroatoms. The van der Waals surface area contributed by atoms with Gasteiger partial charge in [0.2, 0.25) is 0 Å². The van der Waals surface area contributed by atoms with Crippen molar-refractivity contribution < 1.29 is 26.3 Å². The van der Waals surface area contributed by atoms with Gasteiger partial charge >= 0.3 is 12.4 Å². The highest BCUT2D eigenvalue weighted by Gasteiger charge is 2.40. The lowest BCUT2D eigenvalue weighted by atomic mass is 9.91. The maximum absolute atomic E-state index is 13.8. The topological polar surface area (TPSA) is 46.5 Å². The predicted octanol–water partition coefficient (Wildman–Crippen LogP) is 10.4. The second kappa shape index (κ2) is 10.6. The van der Waals surface area contributed by atoms with Gasteiger partial charge in [-0.05, 0) is 66.6 Å². The van der Waals surface area contributed by atoms with E-state index >= 15 is 0 Å². The fourth-order valence-electron chi connectivity index (χ4n) is 6.91. The Kier molecular flexibility index (Phi) is 6.53. The molecule has 1 aliphatic rings. The number of nitriles is 1. The van der Waals surface area contributed by atoms with Gasteiger partial charge in [0.15, 0.2) is 0 Å². The van der Waals surface area contributed by atoms with Crippen molar-refractivity contribution in [3.8, 4) is 28.6 Å². The van der Waals surface area contributed by atoms with Crippen molar-refractivity contribution in [3.63, 3.8) is 0 Å². The highest BCUT2D eigenvalue weighted by Crippen LogP contribution is 2.44. The van der Waals surface area contributed by atoms with Gasteiger partial charge in [-0.15, -0.1) is 0 Å². The Balaban J connectivity index is 1.42. The molecule has 0 amide bonds. The molecule has 1 aliphatic carbocycles. The Hall–Kier alpha value is -5.82. The van der Waals surface area contributed by atoms with Gasteiger partial charge < -0.3 is 9.13 Å². The standard InChI is InChI=1S/C38H22F6N4/c39-37(40,41)23-10-13-33-28(18-23)25-5-1-3-7-31(25)47(33)35-15-16-46-21-30(35)27-12-9-22(20-45)17-36(27)48-32-8-4-2-6-26(32)29-19-24(38(42,43)44)11-14-34(29)48/h1-17,19,21,23H,18H2. The van der Waals surface area contributed by atoms with E-state index in [9.17, 15) is 31.6 Å². The summed E-state index contributed by atoms with van der Waals surface area (Å²) in [6.45, 7) is 0. The van der Waals surface area contributed by atoms with Gasteiger partial charge in [-0.25, -0.2) is 0 Å². The highest BCUT2D eigenvalue weighted by atomic mass is 19.4. The predicted molar refractivity (Wildman–Crippen MR) is 173 cm³/mol. The molecular weight excluding hydrogens is 626 g/mol. The minimum Gasteiger partial charge on any atom is -0.309 e. The minimum atomic E-state index is -4.54. The maximum Gasteiger partial charge on any atom is 0.416 e. The van der Waals surface area contributed by atoms with Crippen LogP contribution < -0.4 is 0 Å². The molecular formula is C38H22F6N4. The number of fused-ring (bicyclic) bond motifs is 6. The lowest BCUT2D eigenvalue weighted by molar-refractivity contribution is -0.160. The van der Waals surface area contributed by atoms with E-state index in [0.717, 1.165) is 12.1 Å². The number of pyridine rings is 1. The number of hydrogen-bond acceptors (Lipinski definition) is 2. The molecule has 1 unspecified atom stereocenters. The quantitative estimate of drug-likeness (QED) is 0.179. The van der Waals surface area contributed by atoms with Crippen molar-refractivity contribution in [1.82, 2.24) is 14.1 Å². The van der Waals surface area contributed by atoms with Crippen molar-refractivity contribution in [2.45, 2.75) is 18.8 Å². The number of alkyl halides is 6. The van der Waals surface area contributed by atoms with Crippen LogP contribution in [0.5, 0.6) is 0 Å². The minimum absolute atomic E-state index is 0.202. The van der Waals surface area contributed by atoms with Gasteiger partial charge in [-0.3, -0.25) is 4.98 Å². The number of para-hydroxylation sites is 2. The van der Waals surface area contributed by atoms with Gasteiger partial charge in [0.1, 0.15) is 0 Å². The van der Waals surface area contributed by atoms with Crippen LogP contribution in [0.25, 0.3) is 61.3 Å². The molecule has 4 nitrogen and oxygen atoms in total. The number of halogens is 6. The van der Waals surface area contributed by atoms with E-state index in [2.05, 4.69) is 11.1 Å². The number of rotatable bonds is 3. The van der Waals surface area contributed by atoms with Crippen molar-refractivity contribution in [3.05, 3.63) is 132 Å². The van der Waals surface area contributed by atoms with Gasteiger partial charge in [0.05, 0.1) is 51.0 Å². The number of aromatic nitrogens is 3. The van der Waals surface area contributed by atoms with E-state index < -0.39 is 23.8 Å². The van der Waals surface area contributed by atoms with Crippen molar-refractivity contribution >= 4 is 38.8 Å².